The van der Waals surface area contributed by atoms with E-state index in [-0.39, 0.29) is 5.91 Å². The number of nitrogens with one attached hydrogen (secondary N) is 1. The monoisotopic (exact) mass is 437 g/mol. The summed E-state index contributed by atoms with van der Waals surface area (Å²) in [7, 11) is 0. The number of nitrogens with zero attached hydrogens (tertiary/aromatic N) is 2. The highest BCUT2D eigenvalue weighted by Crippen LogP contribution is 2.40. The summed E-state index contributed by atoms with van der Waals surface area (Å²) in [5.41, 5.74) is 8.45. The van der Waals surface area contributed by atoms with Gasteiger partial charge in [0, 0.05) is 47.5 Å². The van der Waals surface area contributed by atoms with Gasteiger partial charge in [-0.3, -0.25) is 9.78 Å². The van der Waals surface area contributed by atoms with Crippen LogP contribution in [0.1, 0.15) is 43.4 Å². The Kier molecular flexibility index (Phi) is 5.32. The van der Waals surface area contributed by atoms with Crippen molar-refractivity contribution in [2.45, 2.75) is 46.0 Å². The maximum absolute atomic E-state index is 13.4. The molecule has 1 saturated heterocycles. The molecule has 0 spiro atoms. The lowest BCUT2D eigenvalue weighted by molar-refractivity contribution is -0.135. The van der Waals surface area contributed by atoms with E-state index in [1.165, 1.54) is 11.1 Å². The fourth-order valence-corrected chi connectivity index (χ4v) is 5.17. The van der Waals surface area contributed by atoms with Crippen molar-refractivity contribution in [2.75, 3.05) is 13.1 Å². The molecule has 0 radical (unpaired) electrons. The Hall–Kier alpha value is -3.40. The van der Waals surface area contributed by atoms with Crippen LogP contribution in [0.5, 0.6) is 0 Å². The molecule has 1 aliphatic heterocycles. The zero-order valence-electron chi connectivity index (χ0n) is 19.9. The number of aryl methyl sites for hydroxylation is 2. The van der Waals surface area contributed by atoms with Gasteiger partial charge in [-0.15, -0.1) is 0 Å². The first-order valence-corrected chi connectivity index (χ1v) is 11.8. The summed E-state index contributed by atoms with van der Waals surface area (Å²) in [5, 5.41) is 1.12. The van der Waals surface area contributed by atoms with Gasteiger partial charge in [0.2, 0.25) is 5.91 Å². The Bertz CT molecular complexity index is 1310. The van der Waals surface area contributed by atoms with Crippen molar-refractivity contribution in [1.82, 2.24) is 14.9 Å². The normalized spacial score (nSPS) is 14.2. The minimum absolute atomic E-state index is 0.215. The molecule has 1 N–H and O–H groups in total. The summed E-state index contributed by atoms with van der Waals surface area (Å²) in [6.45, 7) is 10.1. The molecule has 0 saturated carbocycles. The van der Waals surface area contributed by atoms with Gasteiger partial charge in [0.1, 0.15) is 0 Å². The lowest BCUT2D eigenvalue weighted by atomic mass is 9.82. The second-order valence-corrected chi connectivity index (χ2v) is 9.88. The minimum atomic E-state index is -0.581. The maximum Gasteiger partial charge on any atom is 0.232 e. The van der Waals surface area contributed by atoms with E-state index in [0.29, 0.717) is 0 Å². The highest BCUT2D eigenvalue weighted by Gasteiger charge is 2.35. The third kappa shape index (κ3) is 3.84. The first-order valence-electron chi connectivity index (χ1n) is 11.8. The van der Waals surface area contributed by atoms with E-state index in [0.717, 1.165) is 64.8 Å². The number of rotatable bonds is 4. The summed E-state index contributed by atoms with van der Waals surface area (Å²) >= 11 is 0. The molecule has 168 valence electrons. The Morgan fingerprint density at radius 2 is 1.70 bits per heavy atom. The van der Waals surface area contributed by atoms with Crippen LogP contribution in [-0.2, 0) is 10.2 Å². The van der Waals surface area contributed by atoms with Crippen LogP contribution in [-0.4, -0.2) is 33.9 Å². The second kappa shape index (κ2) is 8.18. The molecule has 1 amide bonds. The van der Waals surface area contributed by atoms with Crippen LogP contribution in [0.3, 0.4) is 0 Å². The molecule has 0 aliphatic carbocycles. The average molecular weight is 438 g/mol. The number of pyridine rings is 1. The van der Waals surface area contributed by atoms with Gasteiger partial charge < -0.3 is 9.88 Å². The molecule has 0 atom stereocenters. The van der Waals surface area contributed by atoms with Crippen molar-refractivity contribution in [3.8, 4) is 22.4 Å². The summed E-state index contributed by atoms with van der Waals surface area (Å²) in [6, 6.07) is 17.1. The number of aromatic amines is 1. The van der Waals surface area contributed by atoms with Crippen LogP contribution in [0.4, 0.5) is 0 Å². The minimum Gasteiger partial charge on any atom is -0.354 e. The van der Waals surface area contributed by atoms with Gasteiger partial charge in [0.25, 0.3) is 0 Å². The third-order valence-corrected chi connectivity index (χ3v) is 6.91. The van der Waals surface area contributed by atoms with Gasteiger partial charge in [-0.2, -0.15) is 0 Å². The molecule has 4 aromatic rings. The fourth-order valence-electron chi connectivity index (χ4n) is 5.17. The largest absolute Gasteiger partial charge is 0.354 e. The predicted octanol–water partition coefficient (Wildman–Crippen LogP) is 6.41. The Labute approximate surface area is 195 Å². The molecule has 33 heavy (non-hydrogen) atoms. The van der Waals surface area contributed by atoms with E-state index in [1.807, 2.05) is 17.2 Å². The summed E-state index contributed by atoms with van der Waals surface area (Å²) < 4.78 is 0. The van der Waals surface area contributed by atoms with Crippen molar-refractivity contribution in [3.05, 3.63) is 77.6 Å². The van der Waals surface area contributed by atoms with E-state index in [1.54, 1.807) is 6.20 Å². The third-order valence-electron chi connectivity index (χ3n) is 6.91. The second-order valence-electron chi connectivity index (χ2n) is 9.88. The molecule has 0 bridgehead atoms. The van der Waals surface area contributed by atoms with Gasteiger partial charge >= 0.3 is 0 Å². The number of carbonyl (C=O) groups is 1. The molecular formula is C29H31N3O. The summed E-state index contributed by atoms with van der Waals surface area (Å²) in [4.78, 5) is 23.5. The molecule has 4 nitrogen and oxygen atoms in total. The van der Waals surface area contributed by atoms with E-state index in [9.17, 15) is 4.79 Å². The van der Waals surface area contributed by atoms with Crippen molar-refractivity contribution >= 4 is 16.8 Å². The van der Waals surface area contributed by atoms with Crippen LogP contribution < -0.4 is 0 Å². The number of fused-ring (bicyclic) bond motifs is 1. The molecule has 2 aromatic carbocycles. The standard InChI is InChI=1S/C29H31N3O/c1-19-14-20(2)16-22(15-19)27-26(21-8-7-11-30-18-21)24-17-23(9-10-25(24)31-27)29(3,4)28(33)32-12-5-6-13-32/h7-11,14-18,31H,5-6,12-13H2,1-4H3. The fraction of sp³-hybridized carbons (Fsp3) is 0.310. The Balaban J connectivity index is 1.71. The lowest BCUT2D eigenvalue weighted by Crippen LogP contribution is -2.41. The number of hydrogen-bond acceptors (Lipinski definition) is 2. The van der Waals surface area contributed by atoms with E-state index < -0.39 is 5.41 Å². The Morgan fingerprint density at radius 1 is 0.970 bits per heavy atom. The molecule has 1 aliphatic rings. The molecule has 5 rings (SSSR count). The van der Waals surface area contributed by atoms with Crippen LogP contribution >= 0.6 is 0 Å². The zero-order chi connectivity index (χ0) is 23.2. The molecular weight excluding hydrogens is 406 g/mol. The van der Waals surface area contributed by atoms with Crippen LogP contribution in [0.15, 0.2) is 60.9 Å². The van der Waals surface area contributed by atoms with Gasteiger partial charge in [-0.25, -0.2) is 0 Å². The molecule has 4 heteroatoms. The van der Waals surface area contributed by atoms with Crippen LogP contribution in [0.2, 0.25) is 0 Å². The smallest absolute Gasteiger partial charge is 0.232 e. The first kappa shape index (κ1) is 21.4. The van der Waals surface area contributed by atoms with Crippen molar-refractivity contribution in [3.63, 3.8) is 0 Å². The summed E-state index contributed by atoms with van der Waals surface area (Å²) in [5.74, 6) is 0.215. The highest BCUT2D eigenvalue weighted by molar-refractivity contribution is 6.04. The van der Waals surface area contributed by atoms with Crippen LogP contribution in [0.25, 0.3) is 33.3 Å². The molecule has 0 unspecified atom stereocenters. The number of aromatic nitrogens is 2. The Morgan fingerprint density at radius 3 is 2.36 bits per heavy atom. The first-order chi connectivity index (χ1) is 15.8. The molecule has 1 fully saturated rings. The van der Waals surface area contributed by atoms with Crippen molar-refractivity contribution in [2.24, 2.45) is 0 Å². The number of benzene rings is 2. The van der Waals surface area contributed by atoms with E-state index in [4.69, 9.17) is 0 Å². The quantitative estimate of drug-likeness (QED) is 0.401. The van der Waals surface area contributed by atoms with Gasteiger partial charge in [-0.05, 0) is 82.0 Å². The topological polar surface area (TPSA) is 49.0 Å². The number of carbonyl (C=O) groups excluding carboxylic acids is 1. The average Bonchev–Trinajstić information content (AvgIpc) is 3.46. The summed E-state index contributed by atoms with van der Waals surface area (Å²) in [6.07, 6.45) is 5.92. The van der Waals surface area contributed by atoms with Crippen molar-refractivity contribution < 1.29 is 4.79 Å². The van der Waals surface area contributed by atoms with Gasteiger partial charge in [-0.1, -0.05) is 29.3 Å². The van der Waals surface area contributed by atoms with Gasteiger partial charge in [0.15, 0.2) is 0 Å². The SMILES string of the molecule is Cc1cc(C)cc(-c2[nH]c3ccc(C(C)(C)C(=O)N4CCCC4)cc3c2-c2cccnc2)c1. The number of likely N-dealkylation sites (tertiary alicyclic amines) is 1. The predicted molar refractivity (Wildman–Crippen MR) is 135 cm³/mol. The van der Waals surface area contributed by atoms with E-state index >= 15 is 0 Å². The van der Waals surface area contributed by atoms with E-state index in [2.05, 4.69) is 80.1 Å². The lowest BCUT2D eigenvalue weighted by Gasteiger charge is -2.29. The molecule has 2 aromatic heterocycles. The number of H-pyrrole nitrogens is 1. The van der Waals surface area contributed by atoms with Gasteiger partial charge in [0.05, 0.1) is 11.1 Å². The highest BCUT2D eigenvalue weighted by atomic mass is 16.2. The zero-order valence-corrected chi connectivity index (χ0v) is 19.9. The van der Waals surface area contributed by atoms with Crippen LogP contribution in [0, 0.1) is 13.8 Å². The molecule has 3 heterocycles. The number of amides is 1. The number of hydrogen-bond donors (Lipinski definition) is 1. The maximum atomic E-state index is 13.4. The van der Waals surface area contributed by atoms with Crippen molar-refractivity contribution in [1.29, 1.82) is 0 Å².